The van der Waals surface area contributed by atoms with Crippen LogP contribution in [-0.2, 0) is 0 Å². The van der Waals surface area contributed by atoms with Crippen molar-refractivity contribution in [1.82, 2.24) is 4.98 Å². The first kappa shape index (κ1) is 10.1. The molecular weight excluding hydrogens is 211 g/mol. The smallest absolute Gasteiger partial charge is 0.125 e. The largest absolute Gasteiger partial charge is 0.376 e. The summed E-state index contributed by atoms with van der Waals surface area (Å²) in [6, 6.07) is 6.54. The number of halogens is 1. The molecular formula is C11H11FN2S. The van der Waals surface area contributed by atoms with Crippen molar-refractivity contribution in [2.75, 3.05) is 5.32 Å². The van der Waals surface area contributed by atoms with Crippen LogP contribution in [0.1, 0.15) is 18.0 Å². The number of rotatable bonds is 3. The Morgan fingerprint density at radius 1 is 1.47 bits per heavy atom. The summed E-state index contributed by atoms with van der Waals surface area (Å²) in [5.74, 6) is -0.230. The molecule has 2 nitrogen and oxygen atoms in total. The van der Waals surface area contributed by atoms with Crippen molar-refractivity contribution in [3.05, 3.63) is 46.7 Å². The van der Waals surface area contributed by atoms with Gasteiger partial charge < -0.3 is 5.32 Å². The second-order valence-corrected chi connectivity index (χ2v) is 4.17. The van der Waals surface area contributed by atoms with Crippen LogP contribution in [0.2, 0.25) is 0 Å². The summed E-state index contributed by atoms with van der Waals surface area (Å²) < 4.78 is 12.9. The first-order chi connectivity index (χ1) is 7.25. The summed E-state index contributed by atoms with van der Waals surface area (Å²) in [4.78, 5) is 4.20. The van der Waals surface area contributed by atoms with Crippen LogP contribution in [0.4, 0.5) is 10.1 Å². The predicted molar refractivity (Wildman–Crippen MR) is 60.6 cm³/mol. The molecule has 0 radical (unpaired) electrons. The van der Waals surface area contributed by atoms with Crippen molar-refractivity contribution >= 4 is 17.0 Å². The van der Waals surface area contributed by atoms with Crippen LogP contribution in [0.3, 0.4) is 0 Å². The van der Waals surface area contributed by atoms with Gasteiger partial charge in [-0.2, -0.15) is 0 Å². The number of nitrogens with one attached hydrogen (secondary N) is 1. The second-order valence-electron chi connectivity index (χ2n) is 3.25. The van der Waals surface area contributed by atoms with Gasteiger partial charge in [0, 0.05) is 17.3 Å². The monoisotopic (exact) mass is 222 g/mol. The third-order valence-corrected chi connectivity index (χ3v) is 2.99. The lowest BCUT2D eigenvalue weighted by Crippen LogP contribution is -2.05. The quantitative estimate of drug-likeness (QED) is 0.860. The van der Waals surface area contributed by atoms with E-state index in [9.17, 15) is 4.39 Å². The number of anilines is 1. The number of benzene rings is 1. The third kappa shape index (κ3) is 2.53. The molecule has 0 saturated carbocycles. The standard InChI is InChI=1S/C11H11FN2S/c1-8(11-13-5-6-15-11)14-10-4-2-3-9(12)7-10/h2-8,14H,1H3/t8-/m1/s1. The van der Waals surface area contributed by atoms with E-state index >= 15 is 0 Å². The highest BCUT2D eigenvalue weighted by molar-refractivity contribution is 7.09. The molecule has 0 amide bonds. The van der Waals surface area contributed by atoms with Crippen molar-refractivity contribution in [3.8, 4) is 0 Å². The van der Waals surface area contributed by atoms with Crippen molar-refractivity contribution in [2.24, 2.45) is 0 Å². The van der Waals surface area contributed by atoms with E-state index in [0.29, 0.717) is 0 Å². The minimum absolute atomic E-state index is 0.104. The van der Waals surface area contributed by atoms with Crippen molar-refractivity contribution in [1.29, 1.82) is 0 Å². The molecule has 1 N–H and O–H groups in total. The molecule has 0 saturated heterocycles. The maximum Gasteiger partial charge on any atom is 0.125 e. The second kappa shape index (κ2) is 4.40. The predicted octanol–water partition coefficient (Wildman–Crippen LogP) is 3.46. The Morgan fingerprint density at radius 3 is 3.00 bits per heavy atom. The van der Waals surface area contributed by atoms with Gasteiger partial charge in [-0.1, -0.05) is 6.07 Å². The summed E-state index contributed by atoms with van der Waals surface area (Å²) in [5.41, 5.74) is 0.776. The van der Waals surface area contributed by atoms with Crippen LogP contribution in [-0.4, -0.2) is 4.98 Å². The van der Waals surface area contributed by atoms with E-state index in [1.807, 2.05) is 18.4 Å². The first-order valence-electron chi connectivity index (χ1n) is 4.67. The summed E-state index contributed by atoms with van der Waals surface area (Å²) >= 11 is 1.59. The Labute approximate surface area is 91.8 Å². The molecule has 0 spiro atoms. The van der Waals surface area contributed by atoms with Crippen LogP contribution >= 0.6 is 11.3 Å². The average molecular weight is 222 g/mol. The maximum atomic E-state index is 12.9. The molecule has 0 aliphatic carbocycles. The zero-order valence-electron chi connectivity index (χ0n) is 8.27. The molecule has 1 heterocycles. The van der Waals surface area contributed by atoms with E-state index in [2.05, 4.69) is 10.3 Å². The Bertz CT molecular complexity index is 428. The van der Waals surface area contributed by atoms with Gasteiger partial charge in [0.1, 0.15) is 10.8 Å². The highest BCUT2D eigenvalue weighted by Gasteiger charge is 2.07. The van der Waals surface area contributed by atoms with E-state index in [4.69, 9.17) is 0 Å². The first-order valence-corrected chi connectivity index (χ1v) is 5.55. The van der Waals surface area contributed by atoms with Crippen LogP contribution in [0.25, 0.3) is 0 Å². The van der Waals surface area contributed by atoms with Gasteiger partial charge in [0.05, 0.1) is 6.04 Å². The number of hydrogen-bond donors (Lipinski definition) is 1. The normalized spacial score (nSPS) is 12.4. The summed E-state index contributed by atoms with van der Waals surface area (Å²) in [5, 5.41) is 6.12. The van der Waals surface area contributed by atoms with Crippen molar-refractivity contribution in [3.63, 3.8) is 0 Å². The van der Waals surface area contributed by atoms with E-state index in [1.54, 1.807) is 23.6 Å². The highest BCUT2D eigenvalue weighted by Crippen LogP contribution is 2.20. The molecule has 0 aliphatic heterocycles. The molecule has 1 atom stereocenters. The highest BCUT2D eigenvalue weighted by atomic mass is 32.1. The molecule has 2 aromatic rings. The van der Waals surface area contributed by atoms with Gasteiger partial charge in [0.2, 0.25) is 0 Å². The zero-order valence-corrected chi connectivity index (χ0v) is 9.09. The molecule has 0 aliphatic rings. The van der Waals surface area contributed by atoms with Gasteiger partial charge in [-0.15, -0.1) is 11.3 Å². The molecule has 15 heavy (non-hydrogen) atoms. The molecule has 0 unspecified atom stereocenters. The Morgan fingerprint density at radius 2 is 2.33 bits per heavy atom. The van der Waals surface area contributed by atoms with Gasteiger partial charge in [-0.05, 0) is 25.1 Å². The topological polar surface area (TPSA) is 24.9 Å². The van der Waals surface area contributed by atoms with Gasteiger partial charge in [0.25, 0.3) is 0 Å². The van der Waals surface area contributed by atoms with Crippen LogP contribution in [0, 0.1) is 5.82 Å². The van der Waals surface area contributed by atoms with Crippen molar-refractivity contribution < 1.29 is 4.39 Å². The van der Waals surface area contributed by atoms with Crippen LogP contribution in [0.15, 0.2) is 35.8 Å². The van der Waals surface area contributed by atoms with E-state index < -0.39 is 0 Å². The Kier molecular flexibility index (Phi) is 2.97. The fourth-order valence-corrected chi connectivity index (χ4v) is 1.98. The molecule has 2 rings (SSSR count). The van der Waals surface area contributed by atoms with E-state index in [-0.39, 0.29) is 11.9 Å². The maximum absolute atomic E-state index is 12.9. The van der Waals surface area contributed by atoms with Crippen LogP contribution < -0.4 is 5.32 Å². The lowest BCUT2D eigenvalue weighted by atomic mass is 10.2. The fourth-order valence-electron chi connectivity index (χ4n) is 1.34. The van der Waals surface area contributed by atoms with E-state index in [1.165, 1.54) is 12.1 Å². The molecule has 0 bridgehead atoms. The van der Waals surface area contributed by atoms with Gasteiger partial charge in [-0.25, -0.2) is 9.37 Å². The summed E-state index contributed by atoms with van der Waals surface area (Å²) in [7, 11) is 0. The number of hydrogen-bond acceptors (Lipinski definition) is 3. The summed E-state index contributed by atoms with van der Waals surface area (Å²) in [6.07, 6.45) is 1.77. The van der Waals surface area contributed by atoms with Crippen molar-refractivity contribution in [2.45, 2.75) is 13.0 Å². The number of nitrogens with zero attached hydrogens (tertiary/aromatic N) is 1. The Hall–Kier alpha value is -1.42. The molecule has 78 valence electrons. The van der Waals surface area contributed by atoms with Gasteiger partial charge in [0.15, 0.2) is 0 Å². The minimum atomic E-state index is -0.230. The molecule has 4 heteroatoms. The number of aromatic nitrogens is 1. The third-order valence-electron chi connectivity index (χ3n) is 2.03. The van der Waals surface area contributed by atoms with Gasteiger partial charge >= 0.3 is 0 Å². The Balaban J connectivity index is 2.09. The van der Waals surface area contributed by atoms with Gasteiger partial charge in [-0.3, -0.25) is 0 Å². The SMILES string of the molecule is C[C@@H](Nc1cccc(F)c1)c1nccs1. The molecule has 1 aromatic carbocycles. The average Bonchev–Trinajstić information content (AvgIpc) is 2.70. The molecule has 0 fully saturated rings. The lowest BCUT2D eigenvalue weighted by Gasteiger charge is -2.12. The minimum Gasteiger partial charge on any atom is -0.376 e. The molecule has 1 aromatic heterocycles. The van der Waals surface area contributed by atoms with Crippen LogP contribution in [0.5, 0.6) is 0 Å². The number of thiazole rings is 1. The summed E-state index contributed by atoms with van der Waals surface area (Å²) in [6.45, 7) is 2.00. The lowest BCUT2D eigenvalue weighted by molar-refractivity contribution is 0.628. The fraction of sp³-hybridized carbons (Fsp3) is 0.182. The van der Waals surface area contributed by atoms with E-state index in [0.717, 1.165) is 10.7 Å². The zero-order chi connectivity index (χ0) is 10.7.